The van der Waals surface area contributed by atoms with Gasteiger partial charge in [-0.25, -0.2) is 13.6 Å². The number of benzene rings is 1. The van der Waals surface area contributed by atoms with Gasteiger partial charge in [0.05, 0.1) is 32.1 Å². The van der Waals surface area contributed by atoms with Gasteiger partial charge in [-0.05, 0) is 58.7 Å². The van der Waals surface area contributed by atoms with Crippen molar-refractivity contribution in [1.82, 2.24) is 9.88 Å². The number of amides is 2. The van der Waals surface area contributed by atoms with Gasteiger partial charge in [-0.3, -0.25) is 19.7 Å². The van der Waals surface area contributed by atoms with Crippen LogP contribution in [-0.4, -0.2) is 55.3 Å². The molecule has 0 bridgehead atoms. The zero-order chi connectivity index (χ0) is 26.2. The van der Waals surface area contributed by atoms with E-state index in [4.69, 9.17) is 15.2 Å². The Morgan fingerprint density at radius 2 is 1.69 bits per heavy atom. The molecule has 8 nitrogen and oxygen atoms in total. The number of fused-ring (bicyclic) bond motifs is 1. The van der Waals surface area contributed by atoms with Crippen molar-refractivity contribution in [3.8, 4) is 11.5 Å². The predicted octanol–water partition coefficient (Wildman–Crippen LogP) is 4.29. The molecule has 2 amide bonds. The van der Waals surface area contributed by atoms with Crippen LogP contribution in [0.2, 0.25) is 0 Å². The molecule has 3 heterocycles. The monoisotopic (exact) mass is 503 g/mol. The third kappa shape index (κ3) is 4.84. The maximum absolute atomic E-state index is 15.4. The zero-order valence-corrected chi connectivity index (χ0v) is 21.6. The lowest BCUT2D eigenvalue weighted by molar-refractivity contribution is 0.0891. The first kappa shape index (κ1) is 26.1. The van der Waals surface area contributed by atoms with Crippen LogP contribution in [0.4, 0.5) is 25.0 Å². The van der Waals surface area contributed by atoms with E-state index in [1.165, 1.54) is 14.2 Å². The molecule has 0 radical (unpaired) electrons. The van der Waals surface area contributed by atoms with Crippen LogP contribution in [0.1, 0.15) is 44.9 Å². The quantitative estimate of drug-likeness (QED) is 0.633. The Morgan fingerprint density at radius 1 is 1.08 bits per heavy atom. The lowest BCUT2D eigenvalue weighted by Crippen LogP contribution is -2.52. The number of likely N-dealkylation sites (tertiary alicyclic amines) is 1. The Hall–Kier alpha value is -2.98. The second-order valence-electron chi connectivity index (χ2n) is 10.3. The minimum atomic E-state index is -0.961. The van der Waals surface area contributed by atoms with Gasteiger partial charge in [-0.15, -0.1) is 0 Å². The normalized spacial score (nSPS) is 17.4. The summed E-state index contributed by atoms with van der Waals surface area (Å²) in [5.41, 5.74) is 7.40. The first-order valence-electron chi connectivity index (χ1n) is 12.2. The number of hydrogen-bond donors (Lipinski definition) is 1. The number of urea groups is 1. The third-order valence-corrected chi connectivity index (χ3v) is 7.13. The molecule has 4 rings (SSSR count). The van der Waals surface area contributed by atoms with Crippen LogP contribution in [-0.2, 0) is 13.1 Å². The number of anilines is 2. The molecule has 1 aromatic heterocycles. The number of aromatic nitrogens is 1. The van der Waals surface area contributed by atoms with Gasteiger partial charge in [0, 0.05) is 36.5 Å². The summed E-state index contributed by atoms with van der Waals surface area (Å²) in [5, 5.41) is 0. The number of carbonyl (C=O) groups excluding carboxylic acids is 1. The molecular formula is C26H35F2N5O3. The number of nitrogens with zero attached hydrogens (tertiary/aromatic N) is 4. The van der Waals surface area contributed by atoms with E-state index >= 15 is 8.78 Å². The zero-order valence-electron chi connectivity index (χ0n) is 21.6. The summed E-state index contributed by atoms with van der Waals surface area (Å²) < 4.78 is 40.9. The van der Waals surface area contributed by atoms with Crippen molar-refractivity contribution in [2.75, 3.05) is 43.7 Å². The molecule has 1 aromatic carbocycles. The van der Waals surface area contributed by atoms with Crippen LogP contribution in [0.15, 0.2) is 18.3 Å². The predicted molar refractivity (Wildman–Crippen MR) is 135 cm³/mol. The molecule has 2 aliphatic rings. The van der Waals surface area contributed by atoms with Crippen molar-refractivity contribution in [2.45, 2.75) is 52.2 Å². The largest absolute Gasteiger partial charge is 0.493 e. The number of carbonyl (C=O) groups is 1. The van der Waals surface area contributed by atoms with Crippen molar-refractivity contribution in [1.29, 1.82) is 0 Å². The van der Waals surface area contributed by atoms with Gasteiger partial charge in [-0.2, -0.15) is 0 Å². The highest BCUT2D eigenvalue weighted by atomic mass is 19.1. The van der Waals surface area contributed by atoms with E-state index in [1.807, 2.05) is 0 Å². The van der Waals surface area contributed by atoms with Gasteiger partial charge in [0.25, 0.3) is 0 Å². The van der Waals surface area contributed by atoms with Gasteiger partial charge in [0.15, 0.2) is 23.1 Å². The number of ether oxygens (including phenoxy) is 2. The molecule has 36 heavy (non-hydrogen) atoms. The van der Waals surface area contributed by atoms with E-state index in [0.717, 1.165) is 36.9 Å². The van der Waals surface area contributed by atoms with Gasteiger partial charge in [0.1, 0.15) is 5.69 Å². The highest BCUT2D eigenvalue weighted by Crippen LogP contribution is 2.41. The average molecular weight is 504 g/mol. The summed E-state index contributed by atoms with van der Waals surface area (Å²) in [7, 11) is 2.56. The van der Waals surface area contributed by atoms with Crippen LogP contribution < -0.4 is 25.0 Å². The molecule has 10 heteroatoms. The molecule has 0 aliphatic carbocycles. The van der Waals surface area contributed by atoms with E-state index < -0.39 is 23.4 Å². The van der Waals surface area contributed by atoms with Gasteiger partial charge in [0.2, 0.25) is 0 Å². The fourth-order valence-electron chi connectivity index (χ4n) is 4.99. The Bertz CT molecular complexity index is 1100. The van der Waals surface area contributed by atoms with Crippen molar-refractivity contribution in [3.63, 3.8) is 0 Å². The van der Waals surface area contributed by atoms with Crippen molar-refractivity contribution in [2.24, 2.45) is 11.7 Å². The van der Waals surface area contributed by atoms with E-state index in [-0.39, 0.29) is 36.0 Å². The fraction of sp³-hybridized carbons (Fsp3) is 0.538. The number of methoxy groups -OCH3 is 2. The van der Waals surface area contributed by atoms with Crippen LogP contribution in [0.25, 0.3) is 0 Å². The van der Waals surface area contributed by atoms with Crippen LogP contribution in [0.5, 0.6) is 11.5 Å². The molecule has 196 valence electrons. The maximum atomic E-state index is 15.4. The van der Waals surface area contributed by atoms with E-state index in [9.17, 15) is 4.79 Å². The second-order valence-corrected chi connectivity index (χ2v) is 10.3. The molecule has 0 saturated carbocycles. The van der Waals surface area contributed by atoms with E-state index in [1.54, 1.807) is 17.2 Å². The number of halogens is 2. The molecule has 0 atom stereocenters. The summed E-state index contributed by atoms with van der Waals surface area (Å²) >= 11 is 0. The first-order valence-corrected chi connectivity index (χ1v) is 12.2. The smallest absolute Gasteiger partial charge is 0.329 e. The second kappa shape index (κ2) is 10.2. The van der Waals surface area contributed by atoms with E-state index in [2.05, 4.69) is 30.7 Å². The summed E-state index contributed by atoms with van der Waals surface area (Å²) in [6.07, 6.45) is 3.46. The van der Waals surface area contributed by atoms with Crippen molar-refractivity contribution < 1.29 is 23.0 Å². The van der Waals surface area contributed by atoms with Crippen molar-refractivity contribution in [3.05, 3.63) is 41.2 Å². The molecule has 1 saturated heterocycles. The summed E-state index contributed by atoms with van der Waals surface area (Å²) in [5.74, 6) is -2.10. The van der Waals surface area contributed by atoms with Crippen molar-refractivity contribution >= 4 is 17.4 Å². The van der Waals surface area contributed by atoms with Gasteiger partial charge >= 0.3 is 6.03 Å². The fourth-order valence-corrected chi connectivity index (χ4v) is 4.99. The number of nitrogens with two attached hydrogens (primary N) is 1. The molecule has 2 aliphatic heterocycles. The number of pyridine rings is 1. The lowest BCUT2D eigenvalue weighted by Gasteiger charge is -2.43. The first-order chi connectivity index (χ1) is 17.1. The SMILES string of the molecule is COc1cc(OC)c(F)c(N2Cc3cnc(CN)cc3N(CC3CCN(C(C)(C)C)CC3)C2=O)c1F. The number of piperidine rings is 1. The average Bonchev–Trinajstić information content (AvgIpc) is 2.86. The molecule has 0 unspecified atom stereocenters. The third-order valence-electron chi connectivity index (χ3n) is 7.13. The maximum Gasteiger partial charge on any atom is 0.329 e. The lowest BCUT2D eigenvalue weighted by atomic mass is 9.92. The molecular weight excluding hydrogens is 468 g/mol. The Labute approximate surface area is 211 Å². The minimum Gasteiger partial charge on any atom is -0.493 e. The van der Waals surface area contributed by atoms with E-state index in [0.29, 0.717) is 23.5 Å². The van der Waals surface area contributed by atoms with Gasteiger partial charge in [-0.1, -0.05) is 0 Å². The molecule has 0 spiro atoms. The van der Waals surface area contributed by atoms with Crippen LogP contribution >= 0.6 is 0 Å². The minimum absolute atomic E-state index is 0.0465. The summed E-state index contributed by atoms with van der Waals surface area (Å²) in [6.45, 7) is 9.04. The highest BCUT2D eigenvalue weighted by molar-refractivity contribution is 6.06. The van der Waals surface area contributed by atoms with Crippen LogP contribution in [0, 0.1) is 17.6 Å². The highest BCUT2D eigenvalue weighted by Gasteiger charge is 2.38. The Morgan fingerprint density at radius 3 is 2.22 bits per heavy atom. The van der Waals surface area contributed by atoms with Gasteiger partial charge < -0.3 is 15.2 Å². The Kier molecular flexibility index (Phi) is 7.38. The summed E-state index contributed by atoms with van der Waals surface area (Å²) in [4.78, 5) is 23.4. The molecule has 2 N–H and O–H groups in total. The molecule has 2 aromatic rings. The number of hydrogen-bond acceptors (Lipinski definition) is 6. The number of rotatable bonds is 6. The van der Waals surface area contributed by atoms with Crippen LogP contribution in [0.3, 0.4) is 0 Å². The standard InChI is InChI=1S/C26H35F2N5O3/c1-26(2,3)31-8-6-16(7-9-31)14-32-19-10-18(12-29)30-13-17(19)15-33(25(32)34)24-22(27)20(35-4)11-21(36-5)23(24)28/h10-11,13,16H,6-9,12,14-15,29H2,1-5H3. The summed E-state index contributed by atoms with van der Waals surface area (Å²) in [6, 6.07) is 2.42. The topological polar surface area (TPSA) is 84.2 Å². The Balaban J connectivity index is 1.72. The molecule has 1 fully saturated rings.